The molecule has 2 aromatic carbocycles. The molecule has 154 valence electrons. The maximum absolute atomic E-state index is 8.41. The highest BCUT2D eigenvalue weighted by atomic mass is 16.5. The highest BCUT2D eigenvalue weighted by molar-refractivity contribution is 6.47. The van der Waals surface area contributed by atoms with Gasteiger partial charge in [0, 0.05) is 36.0 Å². The van der Waals surface area contributed by atoms with Crippen LogP contribution in [0.3, 0.4) is 0 Å². The zero-order valence-corrected chi connectivity index (χ0v) is 17.5. The minimum Gasteiger partial charge on any atom is -0.487 e. The highest BCUT2D eigenvalue weighted by Crippen LogP contribution is 2.26. The predicted octanol–water partition coefficient (Wildman–Crippen LogP) is 4.63. The lowest BCUT2D eigenvalue weighted by molar-refractivity contribution is 0.377. The topological polar surface area (TPSA) is 83.3 Å². The standard InChI is InChI=1S/C25H23N5O/c1-17-15-20-5-3-4-6-22(20)29-25(17)19-7-9-21(10-8-19)31-16-23(30-27-2)24(26)18-11-13-28-14-12-18/h3-15,26-27H,16H2,1-2H3/b26-24?,30-23-. The smallest absolute Gasteiger partial charge is 0.134 e. The van der Waals surface area contributed by atoms with Crippen molar-refractivity contribution < 1.29 is 4.74 Å². The summed E-state index contributed by atoms with van der Waals surface area (Å²) in [7, 11) is 1.70. The Morgan fingerprint density at radius 3 is 2.52 bits per heavy atom. The summed E-state index contributed by atoms with van der Waals surface area (Å²) >= 11 is 0. The molecule has 0 fully saturated rings. The number of aryl methyl sites for hydroxylation is 1. The van der Waals surface area contributed by atoms with E-state index in [1.807, 2.05) is 42.5 Å². The molecule has 0 unspecified atom stereocenters. The van der Waals surface area contributed by atoms with Crippen LogP contribution in [0.15, 0.2) is 84.2 Å². The van der Waals surface area contributed by atoms with Crippen LogP contribution in [0.1, 0.15) is 11.1 Å². The van der Waals surface area contributed by atoms with Crippen LogP contribution < -0.4 is 10.2 Å². The van der Waals surface area contributed by atoms with Gasteiger partial charge in [-0.2, -0.15) is 5.10 Å². The van der Waals surface area contributed by atoms with Crippen molar-refractivity contribution in [2.75, 3.05) is 13.7 Å². The first-order chi connectivity index (χ1) is 15.2. The van der Waals surface area contributed by atoms with Crippen molar-refractivity contribution in [2.24, 2.45) is 5.10 Å². The molecular formula is C25H23N5O. The van der Waals surface area contributed by atoms with E-state index in [4.69, 9.17) is 15.1 Å². The Kier molecular flexibility index (Phi) is 5.98. The molecule has 4 rings (SSSR count). The predicted molar refractivity (Wildman–Crippen MR) is 125 cm³/mol. The summed E-state index contributed by atoms with van der Waals surface area (Å²) in [6.45, 7) is 2.25. The van der Waals surface area contributed by atoms with Crippen molar-refractivity contribution in [1.29, 1.82) is 5.41 Å². The van der Waals surface area contributed by atoms with Gasteiger partial charge in [-0.25, -0.2) is 4.98 Å². The largest absolute Gasteiger partial charge is 0.487 e. The van der Waals surface area contributed by atoms with E-state index in [-0.39, 0.29) is 6.61 Å². The van der Waals surface area contributed by atoms with Crippen LogP contribution in [0.25, 0.3) is 22.2 Å². The van der Waals surface area contributed by atoms with Gasteiger partial charge in [0.25, 0.3) is 0 Å². The molecule has 6 nitrogen and oxygen atoms in total. The average molecular weight is 409 g/mol. The number of benzene rings is 2. The second-order valence-electron chi connectivity index (χ2n) is 7.05. The van der Waals surface area contributed by atoms with Gasteiger partial charge in [0.1, 0.15) is 18.1 Å². The lowest BCUT2D eigenvalue weighted by Gasteiger charge is -2.12. The molecule has 2 N–H and O–H groups in total. The SMILES string of the molecule is CN/N=C(/COc1ccc(-c2nc3ccccc3cc2C)cc1)C(=N)c1ccncc1. The number of fused-ring (bicyclic) bond motifs is 1. The third-order valence-electron chi connectivity index (χ3n) is 4.92. The summed E-state index contributed by atoms with van der Waals surface area (Å²) < 4.78 is 5.91. The number of hydrogen-bond acceptors (Lipinski definition) is 6. The number of hydrogen-bond donors (Lipinski definition) is 2. The van der Waals surface area contributed by atoms with E-state index in [0.717, 1.165) is 33.3 Å². The van der Waals surface area contributed by atoms with Crippen LogP contribution in [0, 0.1) is 12.3 Å². The van der Waals surface area contributed by atoms with Crippen molar-refractivity contribution in [3.63, 3.8) is 0 Å². The zero-order valence-electron chi connectivity index (χ0n) is 17.5. The van der Waals surface area contributed by atoms with Crippen LogP contribution in [-0.2, 0) is 0 Å². The number of pyridine rings is 2. The van der Waals surface area contributed by atoms with Crippen LogP contribution in [-0.4, -0.2) is 35.0 Å². The Hall–Kier alpha value is -4.06. The molecule has 0 atom stereocenters. The minimum atomic E-state index is 0.175. The Bertz CT molecular complexity index is 1230. The average Bonchev–Trinajstić information content (AvgIpc) is 2.82. The first kappa shape index (κ1) is 20.2. The molecule has 0 saturated carbocycles. The molecule has 0 bridgehead atoms. The van der Waals surface area contributed by atoms with Crippen molar-refractivity contribution in [3.05, 3.63) is 90.3 Å². The molecule has 2 heterocycles. The quantitative estimate of drug-likeness (QED) is 0.344. The van der Waals surface area contributed by atoms with Gasteiger partial charge in [0.05, 0.1) is 16.9 Å². The Morgan fingerprint density at radius 1 is 1.03 bits per heavy atom. The number of para-hydroxylation sites is 1. The van der Waals surface area contributed by atoms with E-state index in [1.165, 1.54) is 0 Å². The molecule has 0 spiro atoms. The number of aromatic nitrogens is 2. The van der Waals surface area contributed by atoms with Crippen molar-refractivity contribution in [3.8, 4) is 17.0 Å². The zero-order chi connectivity index (χ0) is 21.6. The summed E-state index contributed by atoms with van der Waals surface area (Å²) in [6, 6.07) is 21.7. The number of ether oxygens (including phenoxy) is 1. The van der Waals surface area contributed by atoms with E-state index in [1.54, 1.807) is 31.6 Å². The number of rotatable bonds is 7. The van der Waals surface area contributed by atoms with Gasteiger partial charge in [-0.15, -0.1) is 0 Å². The lowest BCUT2D eigenvalue weighted by atomic mass is 10.0. The van der Waals surface area contributed by atoms with E-state index < -0.39 is 0 Å². The molecule has 0 aliphatic heterocycles. The summed E-state index contributed by atoms with van der Waals surface area (Å²) in [5, 5.41) is 13.7. The van der Waals surface area contributed by atoms with Crippen LogP contribution in [0.4, 0.5) is 0 Å². The molecular weight excluding hydrogens is 386 g/mol. The van der Waals surface area contributed by atoms with Gasteiger partial charge in [-0.3, -0.25) is 10.4 Å². The molecule has 0 amide bonds. The second kappa shape index (κ2) is 9.17. The molecule has 4 aromatic rings. The van der Waals surface area contributed by atoms with Crippen LogP contribution in [0.2, 0.25) is 0 Å². The van der Waals surface area contributed by atoms with Crippen molar-refractivity contribution in [2.45, 2.75) is 6.92 Å². The highest BCUT2D eigenvalue weighted by Gasteiger charge is 2.12. The van der Waals surface area contributed by atoms with Crippen LogP contribution >= 0.6 is 0 Å². The fourth-order valence-electron chi connectivity index (χ4n) is 3.36. The number of hydrazone groups is 1. The van der Waals surface area contributed by atoms with Crippen LogP contribution in [0.5, 0.6) is 5.75 Å². The molecule has 31 heavy (non-hydrogen) atoms. The maximum atomic E-state index is 8.41. The normalized spacial score (nSPS) is 11.4. The first-order valence-corrected chi connectivity index (χ1v) is 9.98. The van der Waals surface area contributed by atoms with Gasteiger partial charge >= 0.3 is 0 Å². The van der Waals surface area contributed by atoms with Crippen molar-refractivity contribution in [1.82, 2.24) is 15.4 Å². The number of nitrogens with one attached hydrogen (secondary N) is 2. The fourth-order valence-corrected chi connectivity index (χ4v) is 3.36. The molecule has 0 saturated heterocycles. The second-order valence-corrected chi connectivity index (χ2v) is 7.05. The van der Waals surface area contributed by atoms with E-state index in [9.17, 15) is 0 Å². The summed E-state index contributed by atoms with van der Waals surface area (Å²) in [5.74, 6) is 0.702. The summed E-state index contributed by atoms with van der Waals surface area (Å²) in [6.07, 6.45) is 3.31. The maximum Gasteiger partial charge on any atom is 0.134 e. The third-order valence-corrected chi connectivity index (χ3v) is 4.92. The monoisotopic (exact) mass is 409 g/mol. The first-order valence-electron chi connectivity index (χ1n) is 9.98. The summed E-state index contributed by atoms with van der Waals surface area (Å²) in [4.78, 5) is 8.82. The van der Waals surface area contributed by atoms with Gasteiger partial charge in [0.15, 0.2) is 0 Å². The minimum absolute atomic E-state index is 0.175. The molecule has 6 heteroatoms. The lowest BCUT2D eigenvalue weighted by Crippen LogP contribution is -2.24. The van der Waals surface area contributed by atoms with E-state index in [0.29, 0.717) is 17.2 Å². The van der Waals surface area contributed by atoms with E-state index in [2.05, 4.69) is 34.6 Å². The Labute approximate surface area is 181 Å². The third kappa shape index (κ3) is 4.59. The Morgan fingerprint density at radius 2 is 1.77 bits per heavy atom. The molecule has 0 radical (unpaired) electrons. The van der Waals surface area contributed by atoms with Crippen molar-refractivity contribution >= 4 is 22.3 Å². The van der Waals surface area contributed by atoms with Gasteiger partial charge in [-0.1, -0.05) is 18.2 Å². The number of nitrogens with zero attached hydrogens (tertiary/aromatic N) is 3. The Balaban J connectivity index is 1.50. The summed E-state index contributed by atoms with van der Waals surface area (Å²) in [5.41, 5.74) is 8.38. The van der Waals surface area contributed by atoms with Gasteiger partial charge in [-0.05, 0) is 61.0 Å². The fraction of sp³-hybridized carbons (Fsp3) is 0.120. The van der Waals surface area contributed by atoms with E-state index >= 15 is 0 Å². The molecule has 0 aliphatic rings. The van der Waals surface area contributed by atoms with Gasteiger partial charge < -0.3 is 10.2 Å². The van der Waals surface area contributed by atoms with Gasteiger partial charge in [0.2, 0.25) is 0 Å². The molecule has 2 aromatic heterocycles. The molecule has 0 aliphatic carbocycles.